The van der Waals surface area contributed by atoms with Gasteiger partial charge in [0, 0.05) is 10.0 Å². The van der Waals surface area contributed by atoms with Crippen molar-refractivity contribution >= 4 is 60.7 Å². The van der Waals surface area contributed by atoms with E-state index in [1.54, 1.807) is 24.3 Å². The molecule has 4 aromatic rings. The Morgan fingerprint density at radius 1 is 0.943 bits per heavy atom. The van der Waals surface area contributed by atoms with Crippen molar-refractivity contribution in [2.24, 2.45) is 0 Å². The van der Waals surface area contributed by atoms with Gasteiger partial charge in [-0.05, 0) is 52.3 Å². The van der Waals surface area contributed by atoms with Crippen LogP contribution in [0.3, 0.4) is 0 Å². The number of aromatic nitrogens is 3. The first-order valence-corrected chi connectivity index (χ1v) is 11.3. The minimum Gasteiger partial charge on any atom is -0.319 e. The Morgan fingerprint density at radius 2 is 1.60 bits per heavy atom. The highest BCUT2D eigenvalue weighted by atomic mass is 79.9. The van der Waals surface area contributed by atoms with Crippen LogP contribution in [0.4, 0.5) is 32.0 Å². The van der Waals surface area contributed by atoms with E-state index in [9.17, 15) is 31.1 Å². The van der Waals surface area contributed by atoms with E-state index in [-0.39, 0.29) is 20.8 Å². The summed E-state index contributed by atoms with van der Waals surface area (Å²) in [4.78, 5) is 17.0. The van der Waals surface area contributed by atoms with Crippen LogP contribution in [0, 0.1) is 0 Å². The molecule has 0 saturated carbocycles. The molecule has 2 aromatic carbocycles. The lowest BCUT2D eigenvalue weighted by Crippen LogP contribution is -2.16. The minimum absolute atomic E-state index is 0.0363. The fourth-order valence-corrected chi connectivity index (χ4v) is 4.03. The number of hydrogen-bond acceptors (Lipinski definition) is 3. The van der Waals surface area contributed by atoms with Gasteiger partial charge in [-0.1, -0.05) is 39.7 Å². The minimum atomic E-state index is -4.87. The van der Waals surface area contributed by atoms with Gasteiger partial charge in [-0.15, -0.1) is 0 Å². The summed E-state index contributed by atoms with van der Waals surface area (Å²) in [6.07, 6.45) is -9.57. The Bertz CT molecular complexity index is 1450. The van der Waals surface area contributed by atoms with Crippen molar-refractivity contribution in [3.05, 3.63) is 79.5 Å². The first-order valence-electron chi connectivity index (χ1n) is 9.36. The second kappa shape index (κ2) is 9.10. The molecule has 0 aliphatic heterocycles. The van der Waals surface area contributed by atoms with Gasteiger partial charge in [0.1, 0.15) is 0 Å². The number of nitrogens with zero attached hydrogens (tertiary/aromatic N) is 3. The van der Waals surface area contributed by atoms with E-state index >= 15 is 0 Å². The number of hydrogen-bond donors (Lipinski definition) is 1. The molecule has 0 aliphatic rings. The number of rotatable bonds is 3. The lowest BCUT2D eigenvalue weighted by molar-refractivity contribution is -0.142. The smallest absolute Gasteiger partial charge is 0.319 e. The summed E-state index contributed by atoms with van der Waals surface area (Å²) in [6, 6.07) is 9.40. The van der Waals surface area contributed by atoms with Crippen molar-refractivity contribution < 1.29 is 31.1 Å². The third-order valence-electron chi connectivity index (χ3n) is 4.72. The van der Waals surface area contributed by atoms with Crippen molar-refractivity contribution in [1.29, 1.82) is 0 Å². The van der Waals surface area contributed by atoms with E-state index in [1.165, 1.54) is 0 Å². The van der Waals surface area contributed by atoms with E-state index in [4.69, 9.17) is 11.6 Å². The predicted octanol–water partition coefficient (Wildman–Crippen LogP) is 7.86. The van der Waals surface area contributed by atoms with E-state index in [0.29, 0.717) is 20.6 Å². The summed E-state index contributed by atoms with van der Waals surface area (Å²) < 4.78 is 81.5. The van der Waals surface area contributed by atoms with Gasteiger partial charge in [-0.25, -0.2) is 9.50 Å². The van der Waals surface area contributed by atoms with Crippen LogP contribution in [0.2, 0.25) is 5.02 Å². The predicted molar refractivity (Wildman–Crippen MR) is 123 cm³/mol. The summed E-state index contributed by atoms with van der Waals surface area (Å²) >= 11 is 12.2. The molecule has 0 fully saturated rings. The number of fused-ring (bicyclic) bond motifs is 1. The van der Waals surface area contributed by atoms with Gasteiger partial charge in [0.15, 0.2) is 17.0 Å². The van der Waals surface area contributed by atoms with Crippen molar-refractivity contribution in [3.8, 4) is 11.3 Å². The molecule has 0 unspecified atom stereocenters. The van der Waals surface area contributed by atoms with E-state index in [1.807, 2.05) is 0 Å². The summed E-state index contributed by atoms with van der Waals surface area (Å²) in [5.74, 6) is -1.10. The van der Waals surface area contributed by atoms with E-state index in [2.05, 4.69) is 47.3 Å². The van der Waals surface area contributed by atoms with Gasteiger partial charge in [0.05, 0.1) is 26.4 Å². The molecule has 0 bridgehead atoms. The van der Waals surface area contributed by atoms with Crippen molar-refractivity contribution in [2.75, 3.05) is 5.32 Å². The SMILES string of the molecule is O=C(Nc1cc(C(F)(F)F)ccc1Cl)c1nn2c(C(F)(F)F)cc(-c3ccc(Br)cc3)nc2c1Br. The molecule has 0 atom stereocenters. The Hall–Kier alpha value is -2.64. The van der Waals surface area contributed by atoms with Crippen molar-refractivity contribution in [2.45, 2.75) is 12.4 Å². The van der Waals surface area contributed by atoms with Crippen LogP contribution < -0.4 is 5.32 Å². The van der Waals surface area contributed by atoms with Crippen molar-refractivity contribution in [3.63, 3.8) is 0 Å². The summed E-state index contributed by atoms with van der Waals surface area (Å²) in [7, 11) is 0. The number of nitrogens with one attached hydrogen (secondary N) is 1. The molecule has 35 heavy (non-hydrogen) atoms. The first-order chi connectivity index (χ1) is 16.3. The Labute approximate surface area is 214 Å². The molecule has 0 aliphatic carbocycles. The molecule has 0 radical (unpaired) electrons. The quantitative estimate of drug-likeness (QED) is 0.232. The van der Waals surface area contributed by atoms with Crippen LogP contribution in [0.1, 0.15) is 21.7 Å². The molecule has 2 aromatic heterocycles. The second-order valence-corrected chi connectivity index (χ2v) is 9.19. The molecule has 2 heterocycles. The maximum absolute atomic E-state index is 13.8. The number of halogens is 9. The molecule has 14 heteroatoms. The zero-order valence-electron chi connectivity index (χ0n) is 16.8. The van der Waals surface area contributed by atoms with Crippen molar-refractivity contribution in [1.82, 2.24) is 14.6 Å². The van der Waals surface area contributed by atoms with Crippen LogP contribution >= 0.6 is 43.5 Å². The number of amides is 1. The van der Waals surface area contributed by atoms with E-state index < -0.39 is 40.9 Å². The number of benzene rings is 2. The van der Waals surface area contributed by atoms with Gasteiger partial charge in [-0.3, -0.25) is 4.79 Å². The molecule has 1 N–H and O–H groups in total. The monoisotopic (exact) mass is 640 g/mol. The maximum atomic E-state index is 13.8. The lowest BCUT2D eigenvalue weighted by Gasteiger charge is -2.11. The second-order valence-electron chi connectivity index (χ2n) is 7.08. The third-order valence-corrected chi connectivity index (χ3v) is 6.31. The number of alkyl halides is 6. The summed E-state index contributed by atoms with van der Waals surface area (Å²) in [5.41, 5.74) is -3.21. The largest absolute Gasteiger partial charge is 0.433 e. The van der Waals surface area contributed by atoms with Crippen LogP contribution in [0.5, 0.6) is 0 Å². The molecule has 5 nitrogen and oxygen atoms in total. The topological polar surface area (TPSA) is 59.3 Å². The number of anilines is 1. The molecule has 182 valence electrons. The van der Waals surface area contributed by atoms with Gasteiger partial charge in [0.2, 0.25) is 0 Å². The lowest BCUT2D eigenvalue weighted by atomic mass is 10.1. The molecule has 0 spiro atoms. The Balaban J connectivity index is 1.82. The standard InChI is InChI=1S/C21H9Br2ClF6N4O/c22-11-4-1-9(2-5-11)13-8-15(21(28,29)30)34-18(31-13)16(23)17(33-34)19(35)32-14-7-10(20(25,26)27)3-6-12(14)24/h1-8H,(H,32,35). The van der Waals surface area contributed by atoms with Crippen LogP contribution in [0.15, 0.2) is 57.5 Å². The molecule has 4 rings (SSSR count). The average molecular weight is 643 g/mol. The first kappa shape index (κ1) is 25.5. The number of carbonyl (C=O) groups excluding carboxylic acids is 1. The maximum Gasteiger partial charge on any atom is 0.433 e. The Morgan fingerprint density at radius 3 is 2.20 bits per heavy atom. The third kappa shape index (κ3) is 5.16. The summed E-state index contributed by atoms with van der Waals surface area (Å²) in [5, 5.41) is 5.68. The van der Waals surface area contributed by atoms with Gasteiger partial charge >= 0.3 is 12.4 Å². The average Bonchev–Trinajstić information content (AvgIpc) is 3.10. The van der Waals surface area contributed by atoms with Crippen LogP contribution in [0.25, 0.3) is 16.9 Å². The summed E-state index contributed by atoms with van der Waals surface area (Å²) in [6.45, 7) is 0. The van der Waals surface area contributed by atoms with Crippen LogP contribution in [-0.2, 0) is 12.4 Å². The molecule has 1 amide bonds. The zero-order chi connectivity index (χ0) is 25.7. The van der Waals surface area contributed by atoms with Gasteiger partial charge in [0.25, 0.3) is 5.91 Å². The highest BCUT2D eigenvalue weighted by Gasteiger charge is 2.37. The fraction of sp³-hybridized carbons (Fsp3) is 0.0952. The van der Waals surface area contributed by atoms with Crippen LogP contribution in [-0.4, -0.2) is 20.5 Å². The highest BCUT2D eigenvalue weighted by Crippen LogP contribution is 2.36. The van der Waals surface area contributed by atoms with Gasteiger partial charge < -0.3 is 5.32 Å². The Kier molecular flexibility index (Phi) is 6.62. The molecule has 0 saturated heterocycles. The molecular weight excluding hydrogens is 634 g/mol. The van der Waals surface area contributed by atoms with E-state index in [0.717, 1.165) is 18.2 Å². The fourth-order valence-electron chi connectivity index (χ4n) is 3.09. The van der Waals surface area contributed by atoms with Gasteiger partial charge in [-0.2, -0.15) is 31.4 Å². The molecular formula is C21H9Br2ClF6N4O. The highest BCUT2D eigenvalue weighted by molar-refractivity contribution is 9.11. The normalized spacial score (nSPS) is 12.3. The zero-order valence-corrected chi connectivity index (χ0v) is 20.7. The number of carbonyl (C=O) groups is 1.